The lowest BCUT2D eigenvalue weighted by atomic mass is 10.1. The Kier molecular flexibility index (Phi) is 4.95. The van der Waals surface area contributed by atoms with Crippen LogP contribution in [0.1, 0.15) is 19.4 Å². The number of benzene rings is 1. The summed E-state index contributed by atoms with van der Waals surface area (Å²) in [5.41, 5.74) is 0.639. The van der Waals surface area contributed by atoms with E-state index in [1.54, 1.807) is 6.07 Å². The molecule has 0 unspecified atom stereocenters. The highest BCUT2D eigenvalue weighted by Crippen LogP contribution is 2.29. The topological polar surface area (TPSA) is 102 Å². The van der Waals surface area contributed by atoms with Gasteiger partial charge < -0.3 is 19.7 Å². The molecular weight excluding hydrogens is 304 g/mol. The first-order chi connectivity index (χ1) is 10.9. The molecule has 8 nitrogen and oxygen atoms in total. The van der Waals surface area contributed by atoms with Crippen molar-refractivity contribution in [3.8, 4) is 11.5 Å². The molecule has 1 heterocycles. The van der Waals surface area contributed by atoms with Crippen LogP contribution in [-0.4, -0.2) is 41.7 Å². The van der Waals surface area contributed by atoms with E-state index < -0.39 is 23.8 Å². The van der Waals surface area contributed by atoms with Gasteiger partial charge in [0.05, 0.1) is 0 Å². The van der Waals surface area contributed by atoms with Crippen LogP contribution in [0.25, 0.3) is 0 Å². The first-order valence-electron chi connectivity index (χ1n) is 6.93. The Morgan fingerprint density at radius 1 is 1.13 bits per heavy atom. The summed E-state index contributed by atoms with van der Waals surface area (Å²) in [6.45, 7) is 3.41. The summed E-state index contributed by atoms with van der Waals surface area (Å²) in [4.78, 5) is 46.7. The number of nitrogens with zero attached hydrogens (tertiary/aromatic N) is 1. The van der Waals surface area contributed by atoms with Crippen molar-refractivity contribution in [2.24, 2.45) is 0 Å². The van der Waals surface area contributed by atoms with E-state index >= 15 is 0 Å². The van der Waals surface area contributed by atoms with Crippen LogP contribution in [0.3, 0.4) is 0 Å². The molecule has 2 amide bonds. The van der Waals surface area contributed by atoms with Crippen LogP contribution in [0.2, 0.25) is 0 Å². The maximum atomic E-state index is 11.8. The molecule has 8 heteroatoms. The first-order valence-corrected chi connectivity index (χ1v) is 6.93. The van der Waals surface area contributed by atoms with Crippen LogP contribution in [0.15, 0.2) is 18.2 Å². The monoisotopic (exact) mass is 320 g/mol. The van der Waals surface area contributed by atoms with Gasteiger partial charge in [0.2, 0.25) is 0 Å². The van der Waals surface area contributed by atoms with Crippen LogP contribution in [-0.2, 0) is 25.7 Å². The Morgan fingerprint density at radius 2 is 1.78 bits per heavy atom. The molecule has 23 heavy (non-hydrogen) atoms. The largest absolute Gasteiger partial charge is 0.423 e. The Hall–Kier alpha value is -2.90. The normalized spacial score (nSPS) is 14.3. The molecule has 0 bridgehead atoms. The lowest BCUT2D eigenvalue weighted by Gasteiger charge is -2.26. The number of nitrogens with one attached hydrogen (secondary N) is 1. The number of piperazine rings is 1. The lowest BCUT2D eigenvalue weighted by molar-refractivity contribution is -0.148. The maximum Gasteiger partial charge on any atom is 0.312 e. The van der Waals surface area contributed by atoms with Crippen molar-refractivity contribution in [1.82, 2.24) is 10.2 Å². The fourth-order valence-corrected chi connectivity index (χ4v) is 2.12. The predicted octanol–water partition coefficient (Wildman–Crippen LogP) is -0.00440. The molecule has 0 aliphatic carbocycles. The molecule has 0 radical (unpaired) electrons. The van der Waals surface area contributed by atoms with Gasteiger partial charge in [-0.2, -0.15) is 0 Å². The molecular formula is C15H16N2O6. The summed E-state index contributed by atoms with van der Waals surface area (Å²) in [6.07, 6.45) is 0. The van der Waals surface area contributed by atoms with Gasteiger partial charge in [-0.15, -0.1) is 0 Å². The van der Waals surface area contributed by atoms with Gasteiger partial charge in [-0.05, 0) is 17.7 Å². The second-order valence-corrected chi connectivity index (χ2v) is 4.95. The van der Waals surface area contributed by atoms with Crippen molar-refractivity contribution in [2.75, 3.05) is 13.1 Å². The van der Waals surface area contributed by atoms with Crippen LogP contribution in [0, 0.1) is 0 Å². The summed E-state index contributed by atoms with van der Waals surface area (Å²) in [7, 11) is 0. The highest BCUT2D eigenvalue weighted by Gasteiger charge is 2.26. The van der Waals surface area contributed by atoms with Crippen LogP contribution >= 0.6 is 0 Å². The second-order valence-electron chi connectivity index (χ2n) is 4.95. The quantitative estimate of drug-likeness (QED) is 0.476. The second kappa shape index (κ2) is 6.91. The minimum absolute atomic E-state index is 0.0825. The van der Waals surface area contributed by atoms with E-state index in [4.69, 9.17) is 9.47 Å². The van der Waals surface area contributed by atoms with Gasteiger partial charge in [0, 0.05) is 33.5 Å². The number of hydrogen-bond donors (Lipinski definition) is 1. The third kappa shape index (κ3) is 4.29. The molecule has 0 aromatic heterocycles. The standard InChI is InChI=1S/C15H16N2O6/c1-9(18)22-12-4-3-11(7-13(12)23-10(2)19)8-17-6-5-16-14(20)15(17)21/h3-4,7H,5-6,8H2,1-2H3,(H,16,20). The van der Waals surface area contributed by atoms with Gasteiger partial charge in [-0.1, -0.05) is 6.07 Å². The third-order valence-electron chi connectivity index (χ3n) is 3.04. The molecule has 1 N–H and O–H groups in total. The SMILES string of the molecule is CC(=O)Oc1ccc(CN2CCNC(=O)C2=O)cc1OC(C)=O. The van der Waals surface area contributed by atoms with Crippen molar-refractivity contribution in [3.05, 3.63) is 23.8 Å². The Labute approximate surface area is 132 Å². The van der Waals surface area contributed by atoms with E-state index in [-0.39, 0.29) is 18.0 Å². The molecule has 0 atom stereocenters. The van der Waals surface area contributed by atoms with E-state index in [2.05, 4.69) is 5.32 Å². The third-order valence-corrected chi connectivity index (χ3v) is 3.04. The van der Waals surface area contributed by atoms with Crippen molar-refractivity contribution in [3.63, 3.8) is 0 Å². The molecule has 1 aromatic carbocycles. The summed E-state index contributed by atoms with van der Waals surface area (Å²) >= 11 is 0. The van der Waals surface area contributed by atoms with Crippen LogP contribution in [0.4, 0.5) is 0 Å². The van der Waals surface area contributed by atoms with E-state index in [0.717, 1.165) is 0 Å². The summed E-state index contributed by atoms with van der Waals surface area (Å²) in [5, 5.41) is 2.46. The molecule has 1 aliphatic heterocycles. The Morgan fingerprint density at radius 3 is 2.43 bits per heavy atom. The fourth-order valence-electron chi connectivity index (χ4n) is 2.12. The van der Waals surface area contributed by atoms with Crippen molar-refractivity contribution >= 4 is 23.8 Å². The predicted molar refractivity (Wildman–Crippen MR) is 77.5 cm³/mol. The number of carbonyl (C=O) groups is 4. The van der Waals surface area contributed by atoms with E-state index in [1.165, 1.54) is 30.9 Å². The number of esters is 2. The average Bonchev–Trinajstić information content (AvgIpc) is 2.45. The van der Waals surface area contributed by atoms with Gasteiger partial charge in [0.1, 0.15) is 0 Å². The van der Waals surface area contributed by atoms with E-state index in [9.17, 15) is 19.2 Å². The number of rotatable bonds is 4. The first kappa shape index (κ1) is 16.5. The van der Waals surface area contributed by atoms with Gasteiger partial charge in [0.15, 0.2) is 11.5 Å². The summed E-state index contributed by atoms with van der Waals surface area (Å²) < 4.78 is 9.99. The number of hydrogen-bond acceptors (Lipinski definition) is 6. The highest BCUT2D eigenvalue weighted by molar-refractivity contribution is 6.35. The summed E-state index contributed by atoms with van der Waals surface area (Å²) in [6, 6.07) is 4.61. The van der Waals surface area contributed by atoms with Crippen molar-refractivity contribution in [1.29, 1.82) is 0 Å². The van der Waals surface area contributed by atoms with Gasteiger partial charge in [-0.25, -0.2) is 0 Å². The maximum absolute atomic E-state index is 11.8. The molecule has 2 rings (SSSR count). The molecule has 1 aromatic rings. The number of ether oxygens (including phenoxy) is 2. The smallest absolute Gasteiger partial charge is 0.312 e. The van der Waals surface area contributed by atoms with Crippen LogP contribution < -0.4 is 14.8 Å². The zero-order chi connectivity index (χ0) is 17.0. The number of carbonyl (C=O) groups excluding carboxylic acids is 4. The van der Waals surface area contributed by atoms with Gasteiger partial charge in [0.25, 0.3) is 0 Å². The Balaban J connectivity index is 2.22. The fraction of sp³-hybridized carbons (Fsp3) is 0.333. The van der Waals surface area contributed by atoms with Gasteiger partial charge in [-0.3, -0.25) is 19.2 Å². The zero-order valence-electron chi connectivity index (χ0n) is 12.8. The Bertz CT molecular complexity index is 670. The van der Waals surface area contributed by atoms with E-state index in [1.807, 2.05) is 0 Å². The number of amides is 2. The highest BCUT2D eigenvalue weighted by atomic mass is 16.6. The van der Waals surface area contributed by atoms with Gasteiger partial charge >= 0.3 is 23.8 Å². The van der Waals surface area contributed by atoms with Crippen LogP contribution in [0.5, 0.6) is 11.5 Å². The summed E-state index contributed by atoms with van der Waals surface area (Å²) in [5.74, 6) is -2.18. The molecule has 0 spiro atoms. The zero-order valence-corrected chi connectivity index (χ0v) is 12.8. The molecule has 0 saturated carbocycles. The van der Waals surface area contributed by atoms with E-state index in [0.29, 0.717) is 18.7 Å². The van der Waals surface area contributed by atoms with Crippen molar-refractivity contribution in [2.45, 2.75) is 20.4 Å². The molecule has 1 fully saturated rings. The molecule has 1 saturated heterocycles. The molecule has 122 valence electrons. The minimum Gasteiger partial charge on any atom is -0.423 e. The average molecular weight is 320 g/mol. The van der Waals surface area contributed by atoms with Crippen molar-refractivity contribution < 1.29 is 28.7 Å². The minimum atomic E-state index is -0.645. The lowest BCUT2D eigenvalue weighted by Crippen LogP contribution is -2.51. The molecule has 1 aliphatic rings.